The predicted octanol–water partition coefficient (Wildman–Crippen LogP) is 1.47. The van der Waals surface area contributed by atoms with Gasteiger partial charge in [-0.2, -0.15) is 0 Å². The van der Waals surface area contributed by atoms with E-state index in [2.05, 4.69) is 11.4 Å². The van der Waals surface area contributed by atoms with Crippen molar-refractivity contribution in [1.29, 1.82) is 0 Å². The van der Waals surface area contributed by atoms with Crippen LogP contribution in [0.15, 0.2) is 11.6 Å². The van der Waals surface area contributed by atoms with E-state index in [1.807, 2.05) is 6.92 Å². The largest absolute Gasteiger partial charge is 0.352 e. The molecule has 2 amide bonds. The molecule has 0 aromatic carbocycles. The zero-order valence-electron chi connectivity index (χ0n) is 11.1. The lowest BCUT2D eigenvalue weighted by Gasteiger charge is -2.16. The molecule has 1 atom stereocenters. The van der Waals surface area contributed by atoms with Crippen LogP contribution in [0.2, 0.25) is 0 Å². The number of hydrogen-bond acceptors (Lipinski definition) is 2. The Kier molecular flexibility index (Phi) is 4.39. The zero-order chi connectivity index (χ0) is 13.0. The summed E-state index contributed by atoms with van der Waals surface area (Å²) < 4.78 is 0. The molecule has 0 bridgehead atoms. The van der Waals surface area contributed by atoms with Crippen LogP contribution in [0.25, 0.3) is 0 Å². The molecule has 1 aliphatic heterocycles. The first-order chi connectivity index (χ1) is 8.70. The Morgan fingerprint density at radius 2 is 2.33 bits per heavy atom. The first-order valence-electron chi connectivity index (χ1n) is 6.94. The van der Waals surface area contributed by atoms with E-state index >= 15 is 0 Å². The van der Waals surface area contributed by atoms with E-state index in [1.165, 1.54) is 18.4 Å². The smallest absolute Gasteiger partial charge is 0.225 e. The van der Waals surface area contributed by atoms with Gasteiger partial charge in [0, 0.05) is 26.1 Å². The van der Waals surface area contributed by atoms with Crippen molar-refractivity contribution in [3.8, 4) is 0 Å². The van der Waals surface area contributed by atoms with Gasteiger partial charge in [-0.3, -0.25) is 9.59 Å². The molecule has 0 aromatic heterocycles. The van der Waals surface area contributed by atoms with Gasteiger partial charge < -0.3 is 10.2 Å². The van der Waals surface area contributed by atoms with Crippen molar-refractivity contribution >= 4 is 11.8 Å². The molecule has 0 unspecified atom stereocenters. The fraction of sp³-hybridized carbons (Fsp3) is 0.714. The maximum Gasteiger partial charge on any atom is 0.225 e. The maximum absolute atomic E-state index is 12.0. The van der Waals surface area contributed by atoms with Crippen LogP contribution >= 0.6 is 0 Å². The molecule has 1 N–H and O–H groups in total. The fourth-order valence-electron chi connectivity index (χ4n) is 2.66. The van der Waals surface area contributed by atoms with Crippen molar-refractivity contribution in [2.45, 2.75) is 39.0 Å². The maximum atomic E-state index is 12.0. The van der Waals surface area contributed by atoms with Gasteiger partial charge in [-0.15, -0.1) is 0 Å². The molecule has 100 valence electrons. The van der Waals surface area contributed by atoms with Crippen molar-refractivity contribution in [2.24, 2.45) is 5.92 Å². The van der Waals surface area contributed by atoms with Gasteiger partial charge in [-0.05, 0) is 32.6 Å². The van der Waals surface area contributed by atoms with E-state index in [9.17, 15) is 9.59 Å². The monoisotopic (exact) mass is 250 g/mol. The van der Waals surface area contributed by atoms with E-state index in [4.69, 9.17) is 0 Å². The molecular weight excluding hydrogens is 228 g/mol. The summed E-state index contributed by atoms with van der Waals surface area (Å²) >= 11 is 0. The van der Waals surface area contributed by atoms with E-state index in [0.29, 0.717) is 26.1 Å². The topological polar surface area (TPSA) is 49.4 Å². The van der Waals surface area contributed by atoms with E-state index < -0.39 is 0 Å². The normalized spacial score (nSPS) is 24.1. The van der Waals surface area contributed by atoms with Gasteiger partial charge in [0.2, 0.25) is 11.8 Å². The van der Waals surface area contributed by atoms with E-state index in [-0.39, 0.29) is 17.7 Å². The lowest BCUT2D eigenvalue weighted by atomic mass is 9.99. The molecule has 1 aliphatic carbocycles. The molecule has 2 rings (SSSR count). The van der Waals surface area contributed by atoms with Crippen molar-refractivity contribution < 1.29 is 9.59 Å². The van der Waals surface area contributed by atoms with Gasteiger partial charge in [-0.25, -0.2) is 0 Å². The van der Waals surface area contributed by atoms with Gasteiger partial charge in [0.05, 0.1) is 5.92 Å². The lowest BCUT2D eigenvalue weighted by molar-refractivity contribution is -0.128. The molecule has 0 aromatic rings. The molecule has 0 radical (unpaired) electrons. The molecule has 18 heavy (non-hydrogen) atoms. The van der Waals surface area contributed by atoms with Gasteiger partial charge in [-0.1, -0.05) is 11.6 Å². The third-order valence-corrected chi connectivity index (χ3v) is 3.84. The van der Waals surface area contributed by atoms with Gasteiger partial charge >= 0.3 is 0 Å². The molecule has 4 nitrogen and oxygen atoms in total. The first-order valence-corrected chi connectivity index (χ1v) is 6.94. The second-order valence-corrected chi connectivity index (χ2v) is 5.16. The Labute approximate surface area is 108 Å². The zero-order valence-corrected chi connectivity index (χ0v) is 11.1. The van der Waals surface area contributed by atoms with Crippen LogP contribution in [0, 0.1) is 5.92 Å². The van der Waals surface area contributed by atoms with Gasteiger partial charge in [0.25, 0.3) is 0 Å². The Balaban J connectivity index is 1.78. The standard InChI is InChI=1S/C14H22N2O2/c1-2-16-10-12(8-13(16)17)14(18)15-9-11-6-4-3-5-7-11/h6,12H,2-5,7-10H2,1H3,(H,15,18)/t12-/m0/s1. The number of carbonyl (C=O) groups is 2. The number of hydrogen-bond donors (Lipinski definition) is 1. The van der Waals surface area contributed by atoms with Crippen LogP contribution in [-0.2, 0) is 9.59 Å². The summed E-state index contributed by atoms with van der Waals surface area (Å²) in [6.45, 7) is 3.90. The average molecular weight is 250 g/mol. The molecule has 2 aliphatic rings. The number of amides is 2. The molecule has 1 fully saturated rings. The van der Waals surface area contributed by atoms with Crippen molar-refractivity contribution in [1.82, 2.24) is 10.2 Å². The van der Waals surface area contributed by atoms with Crippen LogP contribution in [0.4, 0.5) is 0 Å². The molecular formula is C14H22N2O2. The minimum absolute atomic E-state index is 0.0331. The Bertz CT molecular complexity index is 363. The average Bonchev–Trinajstić information content (AvgIpc) is 2.78. The number of allylic oxidation sites excluding steroid dienone is 1. The second kappa shape index (κ2) is 6.03. The second-order valence-electron chi connectivity index (χ2n) is 5.16. The Morgan fingerprint density at radius 1 is 1.50 bits per heavy atom. The summed E-state index contributed by atoms with van der Waals surface area (Å²) in [5.41, 5.74) is 1.34. The fourth-order valence-corrected chi connectivity index (χ4v) is 2.66. The highest BCUT2D eigenvalue weighted by Crippen LogP contribution is 2.19. The Morgan fingerprint density at radius 3 is 2.94 bits per heavy atom. The summed E-state index contributed by atoms with van der Waals surface area (Å²) in [7, 11) is 0. The third kappa shape index (κ3) is 3.12. The molecule has 1 saturated heterocycles. The van der Waals surface area contributed by atoms with Crippen molar-refractivity contribution in [3.05, 3.63) is 11.6 Å². The number of carbonyl (C=O) groups excluding carboxylic acids is 2. The Hall–Kier alpha value is -1.32. The summed E-state index contributed by atoms with van der Waals surface area (Å²) in [6.07, 6.45) is 7.34. The van der Waals surface area contributed by atoms with Crippen molar-refractivity contribution in [3.63, 3.8) is 0 Å². The van der Waals surface area contributed by atoms with Crippen LogP contribution < -0.4 is 5.32 Å². The quantitative estimate of drug-likeness (QED) is 0.768. The third-order valence-electron chi connectivity index (χ3n) is 3.84. The van der Waals surface area contributed by atoms with Crippen LogP contribution in [0.5, 0.6) is 0 Å². The van der Waals surface area contributed by atoms with Gasteiger partial charge in [0.15, 0.2) is 0 Å². The lowest BCUT2D eigenvalue weighted by Crippen LogP contribution is -2.34. The van der Waals surface area contributed by atoms with Crippen LogP contribution in [0.1, 0.15) is 39.0 Å². The summed E-state index contributed by atoms with van der Waals surface area (Å²) in [4.78, 5) is 25.3. The predicted molar refractivity (Wildman–Crippen MR) is 69.9 cm³/mol. The number of rotatable bonds is 4. The molecule has 1 heterocycles. The van der Waals surface area contributed by atoms with Gasteiger partial charge in [0.1, 0.15) is 0 Å². The minimum atomic E-state index is -0.151. The number of nitrogens with zero attached hydrogens (tertiary/aromatic N) is 1. The summed E-state index contributed by atoms with van der Waals surface area (Å²) in [6, 6.07) is 0. The highest BCUT2D eigenvalue weighted by Gasteiger charge is 2.33. The number of likely N-dealkylation sites (tertiary alicyclic amines) is 1. The molecule has 4 heteroatoms. The molecule has 0 spiro atoms. The summed E-state index contributed by atoms with van der Waals surface area (Å²) in [5, 5.41) is 2.97. The first kappa shape index (κ1) is 13.1. The summed E-state index contributed by atoms with van der Waals surface area (Å²) in [5.74, 6) is -0.0121. The highest BCUT2D eigenvalue weighted by molar-refractivity contribution is 5.89. The van der Waals surface area contributed by atoms with Crippen molar-refractivity contribution in [2.75, 3.05) is 19.6 Å². The van der Waals surface area contributed by atoms with E-state index in [0.717, 1.165) is 12.8 Å². The number of nitrogens with one attached hydrogen (secondary N) is 1. The highest BCUT2D eigenvalue weighted by atomic mass is 16.2. The molecule has 0 saturated carbocycles. The minimum Gasteiger partial charge on any atom is -0.352 e. The van der Waals surface area contributed by atoms with Crippen LogP contribution in [0.3, 0.4) is 0 Å². The SMILES string of the molecule is CCN1C[C@@H](C(=O)NCC2=CCCCC2)CC1=O. The van der Waals surface area contributed by atoms with Crippen LogP contribution in [-0.4, -0.2) is 36.3 Å². The van der Waals surface area contributed by atoms with E-state index in [1.54, 1.807) is 4.90 Å².